The lowest BCUT2D eigenvalue weighted by atomic mass is 10.0. The molecule has 0 amide bonds. The Morgan fingerprint density at radius 2 is 1.67 bits per heavy atom. The van der Waals surface area contributed by atoms with Gasteiger partial charge >= 0.3 is 0 Å². The lowest BCUT2D eigenvalue weighted by Gasteiger charge is -2.29. The topological polar surface area (TPSA) is 40.5 Å². The summed E-state index contributed by atoms with van der Waals surface area (Å²) in [5, 5.41) is 10.2. The summed E-state index contributed by atoms with van der Waals surface area (Å²) in [6.07, 6.45) is 3.64. The van der Waals surface area contributed by atoms with Crippen molar-refractivity contribution in [1.29, 1.82) is 0 Å². The summed E-state index contributed by atoms with van der Waals surface area (Å²) < 4.78 is 0. The fraction of sp³-hybridized carbons (Fsp3) is 0.278. The summed E-state index contributed by atoms with van der Waals surface area (Å²) in [5.74, 6) is -0.0785. The van der Waals surface area contributed by atoms with Crippen molar-refractivity contribution in [3.63, 3.8) is 0 Å². The Morgan fingerprint density at radius 1 is 0.952 bits per heavy atom. The summed E-state index contributed by atoms with van der Waals surface area (Å²) in [5.41, 5.74) is 1.96. The van der Waals surface area contributed by atoms with Gasteiger partial charge in [-0.25, -0.2) is 0 Å². The second-order valence-electron chi connectivity index (χ2n) is 5.44. The van der Waals surface area contributed by atoms with Crippen molar-refractivity contribution in [3.8, 4) is 5.75 Å². The molecule has 0 aromatic heterocycles. The number of carbonyl (C=O) groups is 1. The normalized spacial score (nSPS) is 15.0. The first kappa shape index (κ1) is 13.7. The Bertz CT molecular complexity index is 631. The molecule has 2 aromatic carbocycles. The highest BCUT2D eigenvalue weighted by atomic mass is 16.3. The molecule has 0 bridgehead atoms. The van der Waals surface area contributed by atoms with Gasteiger partial charge in [0.1, 0.15) is 5.75 Å². The average Bonchev–Trinajstić information content (AvgIpc) is 2.56. The van der Waals surface area contributed by atoms with Gasteiger partial charge in [0.2, 0.25) is 0 Å². The number of rotatable bonds is 3. The predicted molar refractivity (Wildman–Crippen MR) is 84.0 cm³/mol. The first-order valence-corrected chi connectivity index (χ1v) is 7.43. The van der Waals surface area contributed by atoms with Crippen LogP contribution in [0.3, 0.4) is 0 Å². The maximum absolute atomic E-state index is 12.4. The molecule has 108 valence electrons. The van der Waals surface area contributed by atoms with Gasteiger partial charge in [0.25, 0.3) is 0 Å². The zero-order chi connectivity index (χ0) is 14.7. The molecule has 0 saturated carbocycles. The Kier molecular flexibility index (Phi) is 3.91. The van der Waals surface area contributed by atoms with Crippen LogP contribution < -0.4 is 4.90 Å². The molecule has 3 rings (SSSR count). The highest BCUT2D eigenvalue weighted by Crippen LogP contribution is 2.28. The van der Waals surface area contributed by atoms with Crippen LogP contribution in [0.5, 0.6) is 5.75 Å². The van der Waals surface area contributed by atoms with E-state index < -0.39 is 0 Å². The lowest BCUT2D eigenvalue weighted by molar-refractivity contribution is 0.103. The third-order valence-electron chi connectivity index (χ3n) is 3.98. The monoisotopic (exact) mass is 281 g/mol. The van der Waals surface area contributed by atoms with Gasteiger partial charge < -0.3 is 10.0 Å². The van der Waals surface area contributed by atoms with Gasteiger partial charge in [-0.05, 0) is 31.4 Å². The SMILES string of the molecule is O=C(c1ccccc1)c1ccc(N2CCCCC2)cc1O. The first-order chi connectivity index (χ1) is 10.3. The first-order valence-electron chi connectivity index (χ1n) is 7.43. The number of hydrogen-bond acceptors (Lipinski definition) is 3. The molecule has 1 aliphatic heterocycles. The molecule has 1 heterocycles. The number of piperidine rings is 1. The van der Waals surface area contributed by atoms with Crippen LogP contribution in [0, 0.1) is 0 Å². The van der Waals surface area contributed by atoms with Crippen LogP contribution in [0.25, 0.3) is 0 Å². The van der Waals surface area contributed by atoms with E-state index in [2.05, 4.69) is 4.90 Å². The van der Waals surface area contributed by atoms with Crippen LogP contribution in [0.2, 0.25) is 0 Å². The van der Waals surface area contributed by atoms with E-state index in [0.29, 0.717) is 11.1 Å². The van der Waals surface area contributed by atoms with Gasteiger partial charge in [-0.2, -0.15) is 0 Å². The highest BCUT2D eigenvalue weighted by Gasteiger charge is 2.16. The minimum Gasteiger partial charge on any atom is -0.507 e. The molecule has 1 saturated heterocycles. The van der Waals surface area contributed by atoms with Gasteiger partial charge in [0.15, 0.2) is 5.78 Å². The second kappa shape index (κ2) is 6.00. The van der Waals surface area contributed by atoms with E-state index in [1.807, 2.05) is 24.3 Å². The number of phenols is 1. The van der Waals surface area contributed by atoms with Gasteiger partial charge in [-0.1, -0.05) is 30.3 Å². The summed E-state index contributed by atoms with van der Waals surface area (Å²) in [6, 6.07) is 14.4. The molecule has 3 nitrogen and oxygen atoms in total. The van der Waals surface area contributed by atoms with Crippen molar-refractivity contribution in [1.82, 2.24) is 0 Å². The standard InChI is InChI=1S/C18H19NO2/c20-17-13-15(19-11-5-2-6-12-19)9-10-16(17)18(21)14-7-3-1-4-8-14/h1,3-4,7-10,13,20H,2,5-6,11-12H2. The molecule has 0 unspecified atom stereocenters. The van der Waals surface area contributed by atoms with Crippen molar-refractivity contribution in [2.75, 3.05) is 18.0 Å². The minimum atomic E-state index is -0.140. The number of ketones is 1. The quantitative estimate of drug-likeness (QED) is 0.874. The maximum Gasteiger partial charge on any atom is 0.196 e. The van der Waals surface area contributed by atoms with Crippen molar-refractivity contribution >= 4 is 11.5 Å². The zero-order valence-corrected chi connectivity index (χ0v) is 12.0. The molecule has 0 spiro atoms. The van der Waals surface area contributed by atoms with Gasteiger partial charge in [-0.3, -0.25) is 4.79 Å². The molecule has 0 aliphatic carbocycles. The zero-order valence-electron chi connectivity index (χ0n) is 12.0. The summed E-state index contributed by atoms with van der Waals surface area (Å²) in [7, 11) is 0. The number of anilines is 1. The number of aromatic hydroxyl groups is 1. The number of hydrogen-bond donors (Lipinski definition) is 1. The highest BCUT2D eigenvalue weighted by molar-refractivity contribution is 6.10. The molecule has 1 fully saturated rings. The van der Waals surface area contributed by atoms with Gasteiger partial charge in [0, 0.05) is 30.4 Å². The van der Waals surface area contributed by atoms with Crippen LogP contribution >= 0.6 is 0 Å². The molecule has 0 radical (unpaired) electrons. The van der Waals surface area contributed by atoms with E-state index in [1.165, 1.54) is 19.3 Å². The molecular formula is C18H19NO2. The average molecular weight is 281 g/mol. The molecule has 3 heteroatoms. The van der Waals surface area contributed by atoms with E-state index >= 15 is 0 Å². The van der Waals surface area contributed by atoms with Gasteiger partial charge in [-0.15, -0.1) is 0 Å². The Balaban J connectivity index is 1.86. The fourth-order valence-electron chi connectivity index (χ4n) is 2.81. The van der Waals surface area contributed by atoms with E-state index in [4.69, 9.17) is 0 Å². The Hall–Kier alpha value is -2.29. The largest absolute Gasteiger partial charge is 0.507 e. The Morgan fingerprint density at radius 3 is 2.33 bits per heavy atom. The second-order valence-corrected chi connectivity index (χ2v) is 5.44. The van der Waals surface area contributed by atoms with E-state index in [1.54, 1.807) is 24.3 Å². The smallest absolute Gasteiger partial charge is 0.196 e. The third kappa shape index (κ3) is 2.92. The minimum absolute atomic E-state index is 0.0620. The van der Waals surface area contributed by atoms with Crippen LogP contribution in [0.15, 0.2) is 48.5 Å². The van der Waals surface area contributed by atoms with Crippen molar-refractivity contribution in [3.05, 3.63) is 59.7 Å². The van der Waals surface area contributed by atoms with Crippen LogP contribution in [0.4, 0.5) is 5.69 Å². The number of carbonyl (C=O) groups excluding carboxylic acids is 1. The Labute approximate surface area is 124 Å². The maximum atomic E-state index is 12.4. The summed E-state index contributed by atoms with van der Waals surface area (Å²) in [6.45, 7) is 2.04. The molecule has 2 aromatic rings. The van der Waals surface area contributed by atoms with Crippen LogP contribution in [0.1, 0.15) is 35.2 Å². The number of nitrogens with zero attached hydrogens (tertiary/aromatic N) is 1. The van der Waals surface area contributed by atoms with Gasteiger partial charge in [0.05, 0.1) is 5.56 Å². The van der Waals surface area contributed by atoms with Crippen molar-refractivity contribution in [2.24, 2.45) is 0 Å². The number of benzene rings is 2. The predicted octanol–water partition coefficient (Wildman–Crippen LogP) is 3.61. The third-order valence-corrected chi connectivity index (χ3v) is 3.98. The molecular weight excluding hydrogens is 262 g/mol. The number of phenolic OH excluding ortho intramolecular Hbond substituents is 1. The molecule has 21 heavy (non-hydrogen) atoms. The molecule has 1 aliphatic rings. The molecule has 1 N–H and O–H groups in total. The van der Waals surface area contributed by atoms with Crippen molar-refractivity contribution < 1.29 is 9.90 Å². The summed E-state index contributed by atoms with van der Waals surface area (Å²) >= 11 is 0. The van der Waals surface area contributed by atoms with E-state index in [9.17, 15) is 9.90 Å². The lowest BCUT2D eigenvalue weighted by Crippen LogP contribution is -2.29. The van der Waals surface area contributed by atoms with E-state index in [0.717, 1.165) is 18.8 Å². The summed E-state index contributed by atoms with van der Waals surface area (Å²) in [4.78, 5) is 14.6. The van der Waals surface area contributed by atoms with Crippen LogP contribution in [-0.4, -0.2) is 24.0 Å². The van der Waals surface area contributed by atoms with Crippen molar-refractivity contribution in [2.45, 2.75) is 19.3 Å². The molecule has 0 atom stereocenters. The van der Waals surface area contributed by atoms with Crippen LogP contribution in [-0.2, 0) is 0 Å². The fourth-order valence-corrected chi connectivity index (χ4v) is 2.81. The van der Waals surface area contributed by atoms with E-state index in [-0.39, 0.29) is 11.5 Å².